The molecule has 0 aromatic carbocycles. The van der Waals surface area contributed by atoms with Gasteiger partial charge in [0.2, 0.25) is 5.91 Å². The van der Waals surface area contributed by atoms with E-state index >= 15 is 0 Å². The van der Waals surface area contributed by atoms with Crippen LogP contribution in [0, 0.1) is 5.92 Å². The van der Waals surface area contributed by atoms with Gasteiger partial charge in [0.25, 0.3) is 5.91 Å². The summed E-state index contributed by atoms with van der Waals surface area (Å²) in [6.45, 7) is 5.65. The Morgan fingerprint density at radius 1 is 1.12 bits per heavy atom. The summed E-state index contributed by atoms with van der Waals surface area (Å²) in [4.78, 5) is 40.6. The molecule has 6 nitrogen and oxygen atoms in total. The summed E-state index contributed by atoms with van der Waals surface area (Å²) < 4.78 is 5.28. The van der Waals surface area contributed by atoms with Crippen molar-refractivity contribution >= 4 is 28.9 Å². The van der Waals surface area contributed by atoms with Crippen molar-refractivity contribution in [2.45, 2.75) is 32.6 Å². The third-order valence-corrected chi connectivity index (χ3v) is 6.26. The van der Waals surface area contributed by atoms with Gasteiger partial charge in [-0.25, -0.2) is 0 Å². The number of Topliss-reactive ketones (excluding diaryl/α,β-unsaturated/α-hetero) is 1. The number of carbonyl (C=O) groups excluding carboxylic acids is 3. The molecule has 2 amide bonds. The molecule has 1 aromatic heterocycles. The fourth-order valence-corrected chi connectivity index (χ4v) is 4.32. The summed E-state index contributed by atoms with van der Waals surface area (Å²) in [6, 6.07) is 1.70. The number of rotatable bonds is 5. The molecule has 142 valence electrons. The lowest BCUT2D eigenvalue weighted by molar-refractivity contribution is -0.135. The molecule has 0 spiro atoms. The van der Waals surface area contributed by atoms with E-state index in [1.165, 1.54) is 18.3 Å². The Balaban J connectivity index is 1.42. The zero-order chi connectivity index (χ0) is 18.5. The van der Waals surface area contributed by atoms with Crippen molar-refractivity contribution in [3.8, 4) is 0 Å². The van der Waals surface area contributed by atoms with Gasteiger partial charge in [0.1, 0.15) is 0 Å². The van der Waals surface area contributed by atoms with Gasteiger partial charge in [0.05, 0.1) is 23.7 Å². The minimum absolute atomic E-state index is 0.00214. The summed E-state index contributed by atoms with van der Waals surface area (Å²) in [5, 5.41) is 1.77. The number of hydrogen-bond donors (Lipinski definition) is 0. The number of thiophene rings is 1. The Bertz CT molecular complexity index is 658. The van der Waals surface area contributed by atoms with Gasteiger partial charge in [-0.15, -0.1) is 11.3 Å². The molecule has 0 saturated carbocycles. The number of likely N-dealkylation sites (tertiary alicyclic amines) is 1. The highest BCUT2D eigenvalue weighted by Gasteiger charge is 2.26. The molecular weight excluding hydrogens is 352 g/mol. The maximum absolute atomic E-state index is 12.6. The monoisotopic (exact) mass is 378 g/mol. The second kappa shape index (κ2) is 8.77. The summed E-state index contributed by atoms with van der Waals surface area (Å²) in [6.07, 6.45) is 3.36. The van der Waals surface area contributed by atoms with E-state index < -0.39 is 0 Å². The summed E-state index contributed by atoms with van der Waals surface area (Å²) in [7, 11) is 0. The molecule has 2 saturated heterocycles. The normalized spacial score (nSPS) is 18.8. The van der Waals surface area contributed by atoms with Crippen molar-refractivity contribution in [2.75, 3.05) is 39.4 Å². The Morgan fingerprint density at radius 3 is 2.42 bits per heavy atom. The van der Waals surface area contributed by atoms with Crippen LogP contribution in [-0.2, 0) is 9.53 Å². The van der Waals surface area contributed by atoms with Crippen molar-refractivity contribution in [3.05, 3.63) is 21.9 Å². The molecule has 3 heterocycles. The van der Waals surface area contributed by atoms with Crippen LogP contribution >= 0.6 is 11.3 Å². The minimum Gasteiger partial charge on any atom is -0.378 e. The van der Waals surface area contributed by atoms with Crippen molar-refractivity contribution < 1.29 is 19.1 Å². The van der Waals surface area contributed by atoms with Crippen LogP contribution in [0.4, 0.5) is 0 Å². The lowest BCUT2D eigenvalue weighted by Gasteiger charge is -2.32. The molecule has 2 aliphatic rings. The number of piperidine rings is 1. The third kappa shape index (κ3) is 4.71. The second-order valence-electron chi connectivity index (χ2n) is 7.02. The zero-order valence-corrected chi connectivity index (χ0v) is 16.1. The molecule has 0 unspecified atom stereocenters. The third-order valence-electron chi connectivity index (χ3n) is 5.23. The van der Waals surface area contributed by atoms with Crippen LogP contribution in [0.5, 0.6) is 0 Å². The van der Waals surface area contributed by atoms with E-state index in [1.807, 2.05) is 9.80 Å². The van der Waals surface area contributed by atoms with Gasteiger partial charge < -0.3 is 14.5 Å². The average molecular weight is 378 g/mol. The first-order valence-corrected chi connectivity index (χ1v) is 10.2. The fraction of sp³-hybridized carbons (Fsp3) is 0.632. The van der Waals surface area contributed by atoms with Gasteiger partial charge in [-0.2, -0.15) is 0 Å². The largest absolute Gasteiger partial charge is 0.378 e. The van der Waals surface area contributed by atoms with Crippen LogP contribution in [-0.4, -0.2) is 66.8 Å². The van der Waals surface area contributed by atoms with Gasteiger partial charge in [0.15, 0.2) is 5.78 Å². The van der Waals surface area contributed by atoms with Crippen LogP contribution in [0.25, 0.3) is 0 Å². The molecule has 0 bridgehead atoms. The predicted octanol–water partition coefficient (Wildman–Crippen LogP) is 2.44. The highest BCUT2D eigenvalue weighted by molar-refractivity contribution is 7.12. The summed E-state index contributed by atoms with van der Waals surface area (Å²) >= 11 is 1.33. The molecule has 0 radical (unpaired) electrons. The molecule has 7 heteroatoms. The lowest BCUT2D eigenvalue weighted by Crippen LogP contribution is -2.41. The molecule has 2 fully saturated rings. The van der Waals surface area contributed by atoms with E-state index in [1.54, 1.807) is 11.4 Å². The highest BCUT2D eigenvalue weighted by atomic mass is 32.1. The highest BCUT2D eigenvalue weighted by Crippen LogP contribution is 2.25. The van der Waals surface area contributed by atoms with Gasteiger partial charge in [0, 0.05) is 38.0 Å². The standard InChI is InChI=1S/C19H26N2O4S/c1-14(22)17-12-16(13-26-17)19(24)21-6-4-15(5-7-21)2-3-18(23)20-8-10-25-11-9-20/h12-13,15H,2-11H2,1H3. The second-order valence-corrected chi connectivity index (χ2v) is 7.93. The zero-order valence-electron chi connectivity index (χ0n) is 15.2. The number of ether oxygens (including phenoxy) is 1. The Hall–Kier alpha value is -1.73. The molecule has 0 N–H and O–H groups in total. The number of ketones is 1. The van der Waals surface area contributed by atoms with Crippen molar-refractivity contribution in [3.63, 3.8) is 0 Å². The van der Waals surface area contributed by atoms with E-state index in [0.29, 0.717) is 49.1 Å². The van der Waals surface area contributed by atoms with E-state index in [9.17, 15) is 14.4 Å². The molecule has 0 atom stereocenters. The maximum atomic E-state index is 12.6. The number of hydrogen-bond acceptors (Lipinski definition) is 5. The predicted molar refractivity (Wildman–Crippen MR) is 99.6 cm³/mol. The number of nitrogens with zero attached hydrogens (tertiary/aromatic N) is 2. The molecule has 26 heavy (non-hydrogen) atoms. The maximum Gasteiger partial charge on any atom is 0.254 e. The molecule has 1 aromatic rings. The SMILES string of the molecule is CC(=O)c1cc(C(=O)N2CCC(CCC(=O)N3CCOCC3)CC2)cs1. The van der Waals surface area contributed by atoms with E-state index in [-0.39, 0.29) is 17.6 Å². The van der Waals surface area contributed by atoms with Crippen LogP contribution < -0.4 is 0 Å². The number of carbonyl (C=O) groups is 3. The Labute approximate surface area is 158 Å². The van der Waals surface area contributed by atoms with Crippen LogP contribution in [0.3, 0.4) is 0 Å². The Morgan fingerprint density at radius 2 is 1.81 bits per heavy atom. The molecule has 2 aliphatic heterocycles. The smallest absolute Gasteiger partial charge is 0.254 e. The first kappa shape index (κ1) is 19.0. The molecule has 3 rings (SSSR count). The van der Waals surface area contributed by atoms with E-state index in [4.69, 9.17) is 4.74 Å². The van der Waals surface area contributed by atoms with Crippen molar-refractivity contribution in [2.24, 2.45) is 5.92 Å². The fourth-order valence-electron chi connectivity index (χ4n) is 3.54. The van der Waals surface area contributed by atoms with Gasteiger partial charge in [-0.1, -0.05) is 0 Å². The van der Waals surface area contributed by atoms with Crippen molar-refractivity contribution in [1.82, 2.24) is 9.80 Å². The first-order chi connectivity index (χ1) is 12.5. The van der Waals surface area contributed by atoms with Crippen molar-refractivity contribution in [1.29, 1.82) is 0 Å². The molecular formula is C19H26N2O4S. The first-order valence-electron chi connectivity index (χ1n) is 9.29. The van der Waals surface area contributed by atoms with Gasteiger partial charge >= 0.3 is 0 Å². The lowest BCUT2D eigenvalue weighted by atomic mass is 9.91. The van der Waals surface area contributed by atoms with Gasteiger partial charge in [-0.05, 0) is 38.2 Å². The van der Waals surface area contributed by atoms with E-state index in [0.717, 1.165) is 32.4 Å². The van der Waals surface area contributed by atoms with Crippen LogP contribution in [0.15, 0.2) is 11.4 Å². The summed E-state index contributed by atoms with van der Waals surface area (Å²) in [5.41, 5.74) is 0.612. The molecule has 0 aliphatic carbocycles. The van der Waals surface area contributed by atoms with Gasteiger partial charge in [-0.3, -0.25) is 14.4 Å². The van der Waals surface area contributed by atoms with Crippen LogP contribution in [0.2, 0.25) is 0 Å². The summed E-state index contributed by atoms with van der Waals surface area (Å²) in [5.74, 6) is 0.732. The topological polar surface area (TPSA) is 66.9 Å². The Kier molecular flexibility index (Phi) is 6.43. The number of amides is 2. The minimum atomic E-state index is -0.00214. The quantitative estimate of drug-likeness (QED) is 0.738. The average Bonchev–Trinajstić information content (AvgIpc) is 3.17. The van der Waals surface area contributed by atoms with Crippen LogP contribution in [0.1, 0.15) is 52.6 Å². The van der Waals surface area contributed by atoms with E-state index in [2.05, 4.69) is 0 Å². The number of morpholine rings is 1.